The third kappa shape index (κ3) is 2.49. The Kier molecular flexibility index (Phi) is 3.71. The van der Waals surface area contributed by atoms with E-state index >= 15 is 0 Å². The van der Waals surface area contributed by atoms with Crippen LogP contribution in [0.2, 0.25) is 0 Å². The van der Waals surface area contributed by atoms with Gasteiger partial charge in [-0.3, -0.25) is 4.79 Å². The number of amides is 1. The molecule has 20 heavy (non-hydrogen) atoms. The van der Waals surface area contributed by atoms with Gasteiger partial charge in [-0.25, -0.2) is 0 Å². The van der Waals surface area contributed by atoms with Gasteiger partial charge >= 0.3 is 0 Å². The van der Waals surface area contributed by atoms with Gasteiger partial charge in [0.2, 0.25) is 5.91 Å². The smallest absolute Gasteiger partial charge is 0.244 e. The molecule has 2 rings (SSSR count). The lowest BCUT2D eigenvalue weighted by molar-refractivity contribution is -0.131. The molecule has 0 aliphatic heterocycles. The monoisotopic (exact) mass is 277 g/mol. The fourth-order valence-electron chi connectivity index (χ4n) is 3.49. The summed E-state index contributed by atoms with van der Waals surface area (Å²) < 4.78 is 2.18. The maximum atomic E-state index is 12.3. The van der Waals surface area contributed by atoms with Gasteiger partial charge in [-0.1, -0.05) is 13.8 Å². The van der Waals surface area contributed by atoms with E-state index in [-0.39, 0.29) is 23.4 Å². The molecule has 0 fully saturated rings. The Balaban J connectivity index is 2.49. The second-order valence-corrected chi connectivity index (χ2v) is 7.12. The van der Waals surface area contributed by atoms with Crippen LogP contribution in [-0.2, 0) is 11.2 Å². The van der Waals surface area contributed by atoms with Gasteiger partial charge in [-0.2, -0.15) is 0 Å². The molecule has 1 aliphatic carbocycles. The Labute approximate surface area is 121 Å². The van der Waals surface area contributed by atoms with Gasteiger partial charge in [-0.05, 0) is 43.7 Å². The molecule has 0 aromatic carbocycles. The highest BCUT2D eigenvalue weighted by Gasteiger charge is 2.35. The predicted molar refractivity (Wildman–Crippen MR) is 81.6 cm³/mol. The molecule has 1 aromatic heterocycles. The first-order valence-electron chi connectivity index (χ1n) is 7.31. The first kappa shape index (κ1) is 15.1. The zero-order chi connectivity index (χ0) is 15.2. The van der Waals surface area contributed by atoms with Gasteiger partial charge in [0.25, 0.3) is 0 Å². The average Bonchev–Trinajstić information content (AvgIpc) is 2.62. The number of aromatic nitrogens is 1. The molecule has 1 heterocycles. The molecule has 0 saturated carbocycles. The number of hydrogen-bond donors (Lipinski definition) is 1. The molecule has 0 saturated heterocycles. The molecule has 1 amide bonds. The summed E-state index contributed by atoms with van der Waals surface area (Å²) in [5.41, 5.74) is 10.1. The lowest BCUT2D eigenvalue weighted by Crippen LogP contribution is -2.34. The highest BCUT2D eigenvalue weighted by molar-refractivity contribution is 5.79. The lowest BCUT2D eigenvalue weighted by atomic mass is 9.74. The molecule has 2 N–H and O–H groups in total. The number of fused-ring (bicyclic) bond motifs is 1. The van der Waals surface area contributed by atoms with Gasteiger partial charge in [0.1, 0.15) is 6.04 Å². The van der Waals surface area contributed by atoms with Crippen LogP contribution in [0, 0.1) is 12.3 Å². The Morgan fingerprint density at radius 1 is 1.50 bits per heavy atom. The molecule has 0 spiro atoms. The number of nitrogens with two attached hydrogens (primary N) is 1. The molecular weight excluding hydrogens is 250 g/mol. The van der Waals surface area contributed by atoms with E-state index in [1.165, 1.54) is 11.3 Å². The quantitative estimate of drug-likeness (QED) is 0.902. The largest absolute Gasteiger partial charge is 0.347 e. The third-order valence-corrected chi connectivity index (χ3v) is 4.37. The summed E-state index contributed by atoms with van der Waals surface area (Å²) in [5, 5.41) is 0. The third-order valence-electron chi connectivity index (χ3n) is 4.37. The summed E-state index contributed by atoms with van der Waals surface area (Å²) in [6.45, 7) is 8.54. The van der Waals surface area contributed by atoms with E-state index < -0.39 is 0 Å². The van der Waals surface area contributed by atoms with E-state index in [9.17, 15) is 4.79 Å². The standard InChI is InChI=1S/C16H27N3O/c1-10-7-12-13(17)8-16(3,4)9-14(12)19(10)11(2)15(20)18(5)6/h7,11,13H,8-9,17H2,1-6H3. The lowest BCUT2D eigenvalue weighted by Gasteiger charge is -2.35. The second kappa shape index (κ2) is 4.92. The van der Waals surface area contributed by atoms with Crippen LogP contribution in [0.25, 0.3) is 0 Å². The minimum atomic E-state index is -0.171. The Morgan fingerprint density at radius 2 is 2.10 bits per heavy atom. The number of rotatable bonds is 2. The Morgan fingerprint density at radius 3 is 2.65 bits per heavy atom. The first-order valence-corrected chi connectivity index (χ1v) is 7.31. The molecule has 112 valence electrons. The minimum absolute atomic E-state index is 0.0790. The number of nitrogens with zero attached hydrogens (tertiary/aromatic N) is 2. The summed E-state index contributed by atoms with van der Waals surface area (Å²) in [6.07, 6.45) is 1.98. The minimum Gasteiger partial charge on any atom is -0.347 e. The topological polar surface area (TPSA) is 51.3 Å². The van der Waals surface area contributed by atoms with Crippen molar-refractivity contribution in [3.8, 4) is 0 Å². The predicted octanol–water partition coefficient (Wildman–Crippen LogP) is 2.42. The SMILES string of the molecule is Cc1cc2c(n1C(C)C(=O)N(C)C)CC(C)(C)CC2N. The summed E-state index contributed by atoms with van der Waals surface area (Å²) >= 11 is 0. The molecule has 1 aliphatic rings. The van der Waals surface area contributed by atoms with Crippen LogP contribution in [0.4, 0.5) is 0 Å². The van der Waals surface area contributed by atoms with Crippen LogP contribution in [0.3, 0.4) is 0 Å². The van der Waals surface area contributed by atoms with E-state index in [0.29, 0.717) is 0 Å². The number of hydrogen-bond acceptors (Lipinski definition) is 2. The highest BCUT2D eigenvalue weighted by Crippen LogP contribution is 2.41. The van der Waals surface area contributed by atoms with Crippen molar-refractivity contribution in [3.63, 3.8) is 0 Å². The van der Waals surface area contributed by atoms with Gasteiger partial charge in [0.05, 0.1) is 0 Å². The maximum Gasteiger partial charge on any atom is 0.244 e. The summed E-state index contributed by atoms with van der Waals surface area (Å²) in [4.78, 5) is 14.0. The zero-order valence-electron chi connectivity index (χ0n) is 13.5. The van der Waals surface area contributed by atoms with Crippen molar-refractivity contribution in [2.75, 3.05) is 14.1 Å². The zero-order valence-corrected chi connectivity index (χ0v) is 13.5. The normalized spacial score (nSPS) is 22.2. The fourth-order valence-corrected chi connectivity index (χ4v) is 3.49. The van der Waals surface area contributed by atoms with E-state index in [1.807, 2.05) is 6.92 Å². The number of carbonyl (C=O) groups excluding carboxylic acids is 1. The summed E-state index contributed by atoms with van der Waals surface area (Å²) in [5.74, 6) is 0.128. The van der Waals surface area contributed by atoms with Crippen LogP contribution < -0.4 is 5.73 Å². The Hall–Kier alpha value is -1.29. The average molecular weight is 277 g/mol. The van der Waals surface area contributed by atoms with Crippen LogP contribution in [0.1, 0.15) is 56.2 Å². The first-order chi connectivity index (χ1) is 9.14. The molecular formula is C16H27N3O. The van der Waals surface area contributed by atoms with Crippen LogP contribution in [-0.4, -0.2) is 29.5 Å². The molecule has 4 heteroatoms. The molecule has 1 aromatic rings. The van der Waals surface area contributed by atoms with Gasteiger partial charge < -0.3 is 15.2 Å². The molecule has 4 nitrogen and oxygen atoms in total. The fraction of sp³-hybridized carbons (Fsp3) is 0.688. The summed E-state index contributed by atoms with van der Waals surface area (Å²) in [6, 6.07) is 2.07. The molecule has 0 radical (unpaired) electrons. The molecule has 2 unspecified atom stereocenters. The van der Waals surface area contributed by atoms with E-state index in [0.717, 1.165) is 18.5 Å². The Bertz CT molecular complexity index is 528. The van der Waals surface area contributed by atoms with E-state index in [2.05, 4.69) is 31.4 Å². The van der Waals surface area contributed by atoms with Crippen molar-refractivity contribution in [3.05, 3.63) is 23.0 Å². The van der Waals surface area contributed by atoms with Crippen molar-refractivity contribution in [2.24, 2.45) is 11.1 Å². The maximum absolute atomic E-state index is 12.3. The van der Waals surface area contributed by atoms with E-state index in [1.54, 1.807) is 19.0 Å². The van der Waals surface area contributed by atoms with Gasteiger partial charge in [0, 0.05) is 31.5 Å². The van der Waals surface area contributed by atoms with Gasteiger partial charge in [0.15, 0.2) is 0 Å². The molecule has 2 atom stereocenters. The highest BCUT2D eigenvalue weighted by atomic mass is 16.2. The second-order valence-electron chi connectivity index (χ2n) is 7.12. The van der Waals surface area contributed by atoms with Crippen molar-refractivity contribution in [1.82, 2.24) is 9.47 Å². The van der Waals surface area contributed by atoms with E-state index in [4.69, 9.17) is 5.73 Å². The molecule has 0 bridgehead atoms. The van der Waals surface area contributed by atoms with Crippen molar-refractivity contribution in [2.45, 2.75) is 52.6 Å². The van der Waals surface area contributed by atoms with Crippen LogP contribution in [0.5, 0.6) is 0 Å². The van der Waals surface area contributed by atoms with Crippen molar-refractivity contribution in [1.29, 1.82) is 0 Å². The number of carbonyl (C=O) groups is 1. The van der Waals surface area contributed by atoms with Crippen molar-refractivity contribution >= 4 is 5.91 Å². The van der Waals surface area contributed by atoms with Crippen LogP contribution >= 0.6 is 0 Å². The van der Waals surface area contributed by atoms with Crippen molar-refractivity contribution < 1.29 is 4.79 Å². The summed E-state index contributed by atoms with van der Waals surface area (Å²) in [7, 11) is 3.61. The number of aryl methyl sites for hydroxylation is 1. The number of likely N-dealkylation sites (N-methyl/N-ethyl adjacent to an activating group) is 1. The van der Waals surface area contributed by atoms with Gasteiger partial charge in [-0.15, -0.1) is 0 Å². The van der Waals surface area contributed by atoms with Crippen LogP contribution in [0.15, 0.2) is 6.07 Å².